The topological polar surface area (TPSA) is 45.5 Å². The highest BCUT2D eigenvalue weighted by molar-refractivity contribution is 6.31. The lowest BCUT2D eigenvalue weighted by Gasteiger charge is -2.27. The van der Waals surface area contributed by atoms with Crippen molar-refractivity contribution in [2.75, 3.05) is 13.1 Å². The fourth-order valence-electron chi connectivity index (χ4n) is 3.83. The van der Waals surface area contributed by atoms with Gasteiger partial charge in [-0.05, 0) is 50.9 Å². The molecule has 0 spiro atoms. The summed E-state index contributed by atoms with van der Waals surface area (Å²) in [4.78, 5) is 15.1. The van der Waals surface area contributed by atoms with E-state index in [4.69, 9.17) is 16.0 Å². The normalized spacial score (nSPS) is 23.7. The Balaban J connectivity index is 0.00000156. The van der Waals surface area contributed by atoms with E-state index in [0.29, 0.717) is 16.8 Å². The number of carbonyl (C=O) groups excluding carboxylic acids is 1. The van der Waals surface area contributed by atoms with Crippen LogP contribution in [0.2, 0.25) is 5.02 Å². The Hall–Kier alpha value is -1.23. The second-order valence-electron chi connectivity index (χ2n) is 6.29. The Morgan fingerprint density at radius 2 is 2.09 bits per heavy atom. The number of rotatable bonds is 1. The minimum absolute atomic E-state index is 0. The van der Waals surface area contributed by atoms with Gasteiger partial charge in [-0.3, -0.25) is 4.79 Å². The second-order valence-corrected chi connectivity index (χ2v) is 6.72. The van der Waals surface area contributed by atoms with E-state index in [1.54, 1.807) is 6.07 Å². The van der Waals surface area contributed by atoms with Crippen LogP contribution in [0.1, 0.15) is 35.4 Å². The number of benzene rings is 1. The van der Waals surface area contributed by atoms with Crippen LogP contribution in [-0.4, -0.2) is 36.0 Å². The fraction of sp³-hybridized carbons (Fsp3) is 0.471. The Morgan fingerprint density at radius 3 is 2.91 bits per heavy atom. The molecular weight excluding hydrogens is 335 g/mol. The van der Waals surface area contributed by atoms with Crippen molar-refractivity contribution >= 4 is 40.9 Å². The van der Waals surface area contributed by atoms with Crippen LogP contribution in [0.5, 0.6) is 0 Å². The minimum atomic E-state index is 0. The Bertz CT molecular complexity index is 730. The van der Waals surface area contributed by atoms with Crippen molar-refractivity contribution in [3.63, 3.8) is 0 Å². The van der Waals surface area contributed by atoms with Gasteiger partial charge >= 0.3 is 0 Å². The molecule has 1 N–H and O–H groups in total. The van der Waals surface area contributed by atoms with E-state index in [-0.39, 0.29) is 24.4 Å². The molecule has 124 valence electrons. The summed E-state index contributed by atoms with van der Waals surface area (Å²) < 4.78 is 5.86. The zero-order valence-corrected chi connectivity index (χ0v) is 14.5. The van der Waals surface area contributed by atoms with Crippen molar-refractivity contribution in [3.8, 4) is 0 Å². The third-order valence-electron chi connectivity index (χ3n) is 4.98. The van der Waals surface area contributed by atoms with E-state index in [2.05, 4.69) is 5.32 Å². The number of nitrogens with one attached hydrogen (secondary N) is 1. The molecule has 2 aliphatic heterocycles. The first-order valence-corrected chi connectivity index (χ1v) is 8.25. The lowest BCUT2D eigenvalue weighted by molar-refractivity contribution is 0.0649. The number of furan rings is 1. The summed E-state index contributed by atoms with van der Waals surface area (Å²) in [5, 5.41) is 5.01. The van der Waals surface area contributed by atoms with Crippen molar-refractivity contribution in [1.29, 1.82) is 0 Å². The Kier molecular flexibility index (Phi) is 4.59. The predicted octanol–water partition coefficient (Wildman–Crippen LogP) is 3.78. The van der Waals surface area contributed by atoms with E-state index < -0.39 is 0 Å². The average molecular weight is 355 g/mol. The molecule has 2 atom stereocenters. The molecule has 0 radical (unpaired) electrons. The number of amides is 1. The lowest BCUT2D eigenvalue weighted by atomic mass is 10.1. The molecule has 2 fully saturated rings. The van der Waals surface area contributed by atoms with Crippen LogP contribution < -0.4 is 5.32 Å². The molecule has 1 amide bonds. The number of fused-ring (bicyclic) bond motifs is 3. The molecule has 4 nitrogen and oxygen atoms in total. The van der Waals surface area contributed by atoms with Crippen molar-refractivity contribution in [2.24, 2.45) is 0 Å². The van der Waals surface area contributed by atoms with Crippen molar-refractivity contribution in [1.82, 2.24) is 10.2 Å². The van der Waals surface area contributed by atoms with Crippen molar-refractivity contribution in [3.05, 3.63) is 34.5 Å². The van der Waals surface area contributed by atoms with Crippen LogP contribution >= 0.6 is 24.0 Å². The SMILES string of the molecule is Cc1c(C(=O)N2C3CCNCC2CC3)oc2ccc(Cl)cc12.Cl. The Labute approximate surface area is 146 Å². The van der Waals surface area contributed by atoms with Crippen LogP contribution in [-0.2, 0) is 0 Å². The van der Waals surface area contributed by atoms with Gasteiger partial charge in [-0.1, -0.05) is 11.6 Å². The third-order valence-corrected chi connectivity index (χ3v) is 5.22. The van der Waals surface area contributed by atoms with E-state index >= 15 is 0 Å². The van der Waals surface area contributed by atoms with E-state index in [0.717, 1.165) is 48.9 Å². The molecule has 1 aromatic carbocycles. The maximum atomic E-state index is 13.1. The monoisotopic (exact) mass is 354 g/mol. The molecule has 2 aliphatic rings. The van der Waals surface area contributed by atoms with Gasteiger partial charge in [0.2, 0.25) is 0 Å². The number of aryl methyl sites for hydroxylation is 1. The standard InChI is InChI=1S/C17H19ClN2O2.ClH/c1-10-14-8-11(18)2-5-15(14)22-16(10)17(21)20-12-3-4-13(20)9-19-7-6-12;/h2,5,8,12-13,19H,3-4,6-7,9H2,1H3;1H. The zero-order valence-electron chi connectivity index (χ0n) is 13.0. The van der Waals surface area contributed by atoms with Gasteiger partial charge in [-0.2, -0.15) is 0 Å². The fourth-order valence-corrected chi connectivity index (χ4v) is 4.00. The highest BCUT2D eigenvalue weighted by Crippen LogP contribution is 2.33. The maximum absolute atomic E-state index is 13.1. The largest absolute Gasteiger partial charge is 0.451 e. The molecule has 3 heterocycles. The summed E-state index contributed by atoms with van der Waals surface area (Å²) in [6, 6.07) is 6.12. The van der Waals surface area contributed by atoms with Crippen LogP contribution in [0.3, 0.4) is 0 Å². The molecule has 4 rings (SSSR count). The third kappa shape index (κ3) is 2.73. The first-order chi connectivity index (χ1) is 10.6. The minimum Gasteiger partial charge on any atom is -0.451 e. The first-order valence-electron chi connectivity index (χ1n) is 7.87. The summed E-state index contributed by atoms with van der Waals surface area (Å²) >= 11 is 6.06. The van der Waals surface area contributed by atoms with Gasteiger partial charge in [0.25, 0.3) is 5.91 Å². The van der Waals surface area contributed by atoms with Gasteiger partial charge in [0.15, 0.2) is 5.76 Å². The number of halogens is 2. The molecule has 0 aliphatic carbocycles. The van der Waals surface area contributed by atoms with Crippen LogP contribution in [0.15, 0.2) is 22.6 Å². The van der Waals surface area contributed by atoms with Crippen LogP contribution in [0, 0.1) is 6.92 Å². The summed E-state index contributed by atoms with van der Waals surface area (Å²) in [5.41, 5.74) is 1.62. The van der Waals surface area contributed by atoms with E-state index in [9.17, 15) is 4.79 Å². The van der Waals surface area contributed by atoms with Crippen LogP contribution in [0.4, 0.5) is 0 Å². The smallest absolute Gasteiger partial charge is 0.290 e. The molecule has 2 saturated heterocycles. The van der Waals surface area contributed by atoms with Gasteiger partial charge in [0, 0.05) is 34.6 Å². The number of hydrogen-bond acceptors (Lipinski definition) is 3. The van der Waals surface area contributed by atoms with Gasteiger partial charge in [-0.15, -0.1) is 12.4 Å². The van der Waals surface area contributed by atoms with Gasteiger partial charge < -0.3 is 14.6 Å². The number of carbonyl (C=O) groups is 1. The molecular formula is C17H20Cl2N2O2. The van der Waals surface area contributed by atoms with Crippen LogP contribution in [0.25, 0.3) is 11.0 Å². The summed E-state index contributed by atoms with van der Waals surface area (Å²) in [6.45, 7) is 3.81. The highest BCUT2D eigenvalue weighted by Gasteiger charge is 2.40. The van der Waals surface area contributed by atoms with Gasteiger partial charge in [0.05, 0.1) is 0 Å². The molecule has 0 saturated carbocycles. The van der Waals surface area contributed by atoms with E-state index in [1.807, 2.05) is 24.0 Å². The predicted molar refractivity (Wildman–Crippen MR) is 93.7 cm³/mol. The highest BCUT2D eigenvalue weighted by atomic mass is 35.5. The van der Waals surface area contributed by atoms with Gasteiger partial charge in [-0.25, -0.2) is 0 Å². The van der Waals surface area contributed by atoms with Crippen molar-refractivity contribution < 1.29 is 9.21 Å². The Morgan fingerprint density at radius 1 is 1.30 bits per heavy atom. The molecule has 6 heteroatoms. The van der Waals surface area contributed by atoms with E-state index in [1.165, 1.54) is 0 Å². The number of hydrogen-bond donors (Lipinski definition) is 1. The lowest BCUT2D eigenvalue weighted by Crippen LogP contribution is -2.42. The van der Waals surface area contributed by atoms with Gasteiger partial charge in [0.1, 0.15) is 5.58 Å². The molecule has 2 unspecified atom stereocenters. The zero-order chi connectivity index (χ0) is 15.3. The molecule has 23 heavy (non-hydrogen) atoms. The molecule has 2 bridgehead atoms. The summed E-state index contributed by atoms with van der Waals surface area (Å²) in [6.07, 6.45) is 3.20. The maximum Gasteiger partial charge on any atom is 0.290 e. The average Bonchev–Trinajstić information content (AvgIpc) is 2.95. The molecule has 1 aromatic heterocycles. The summed E-state index contributed by atoms with van der Waals surface area (Å²) in [5.74, 6) is 0.497. The summed E-state index contributed by atoms with van der Waals surface area (Å²) in [7, 11) is 0. The number of nitrogens with zero attached hydrogens (tertiary/aromatic N) is 1. The second kappa shape index (κ2) is 6.34. The first kappa shape index (κ1) is 16.6. The quantitative estimate of drug-likeness (QED) is 0.847. The molecule has 2 aromatic rings. The van der Waals surface area contributed by atoms with Crippen molar-refractivity contribution in [2.45, 2.75) is 38.3 Å².